The van der Waals surface area contributed by atoms with E-state index in [0.29, 0.717) is 17.9 Å². The van der Waals surface area contributed by atoms with Crippen LogP contribution in [0.3, 0.4) is 0 Å². The number of hydrogen-bond acceptors (Lipinski definition) is 15. The van der Waals surface area contributed by atoms with Crippen molar-refractivity contribution in [2.45, 2.75) is 59.0 Å². The molecule has 0 bridgehead atoms. The first-order valence-corrected chi connectivity index (χ1v) is 22.6. The minimum atomic E-state index is -0.0895. The summed E-state index contributed by atoms with van der Waals surface area (Å²) in [4.78, 5) is 12.1. The van der Waals surface area contributed by atoms with E-state index >= 15 is 0 Å². The van der Waals surface area contributed by atoms with E-state index in [-0.39, 0.29) is 38.4 Å². The summed E-state index contributed by atoms with van der Waals surface area (Å²) in [6, 6.07) is 35.1. The molecule has 2 atom stereocenters. The summed E-state index contributed by atoms with van der Waals surface area (Å²) in [5.74, 6) is 4.46. The number of benzene rings is 6. The van der Waals surface area contributed by atoms with Crippen molar-refractivity contribution in [2.75, 3.05) is 37.6 Å². The molecule has 6 aliphatic heterocycles. The highest BCUT2D eigenvalue weighted by Crippen LogP contribution is 2.40. The molecule has 0 aliphatic carbocycles. The van der Waals surface area contributed by atoms with Gasteiger partial charge in [0.05, 0.1) is 17.5 Å². The van der Waals surface area contributed by atoms with E-state index in [0.717, 1.165) is 120 Å². The van der Waals surface area contributed by atoms with Crippen molar-refractivity contribution in [2.24, 2.45) is 20.4 Å². The van der Waals surface area contributed by atoms with Gasteiger partial charge >= 0.3 is 0 Å². The van der Waals surface area contributed by atoms with E-state index in [1.165, 1.54) is 12.5 Å². The SMILES string of the molecule is CC(=O)N1N=C(c2ccc(N)cc2)c2cc3c(cc2CC1C)OCO3.CC1=NN=C(c2ccc(N)cc2)c2cc3c(cc2C1)OCO3.CC1Cc2cc3c(cc2C(c2ccc(N)cc2)=NN1)OCO3. The van der Waals surface area contributed by atoms with Gasteiger partial charge in [0.1, 0.15) is 5.71 Å². The van der Waals surface area contributed by atoms with Crippen molar-refractivity contribution in [1.29, 1.82) is 0 Å². The van der Waals surface area contributed by atoms with Crippen molar-refractivity contribution in [1.82, 2.24) is 10.4 Å². The van der Waals surface area contributed by atoms with Crippen molar-refractivity contribution >= 4 is 45.8 Å². The van der Waals surface area contributed by atoms with Gasteiger partial charge in [-0.2, -0.15) is 15.3 Å². The van der Waals surface area contributed by atoms with E-state index in [2.05, 4.69) is 38.8 Å². The number of rotatable bonds is 3. The van der Waals surface area contributed by atoms with Crippen molar-refractivity contribution in [3.05, 3.63) is 159 Å². The van der Waals surface area contributed by atoms with Gasteiger partial charge in [-0.15, -0.1) is 5.10 Å². The van der Waals surface area contributed by atoms with Gasteiger partial charge in [0.25, 0.3) is 0 Å². The minimum absolute atomic E-state index is 0.0529. The smallest absolute Gasteiger partial charge is 0.239 e. The average Bonchev–Trinajstić information content (AvgIpc) is 4.05. The van der Waals surface area contributed by atoms with Gasteiger partial charge in [-0.3, -0.25) is 4.79 Å². The fourth-order valence-electron chi connectivity index (χ4n) is 8.82. The van der Waals surface area contributed by atoms with E-state index < -0.39 is 0 Å². The summed E-state index contributed by atoms with van der Waals surface area (Å²) < 4.78 is 33.0. The van der Waals surface area contributed by atoms with Crippen LogP contribution in [0.5, 0.6) is 34.5 Å². The quantitative estimate of drug-likeness (QED) is 0.127. The normalized spacial score (nSPS) is 17.7. The molecule has 0 spiro atoms. The van der Waals surface area contributed by atoms with Gasteiger partial charge < -0.3 is 51.0 Å². The molecule has 6 aromatic carbocycles. The zero-order valence-electron chi connectivity index (χ0n) is 38.6. The standard InChI is InChI=1S/C19H19N3O3.C17H17N3O2.C17H15N3O2/c1-11-7-14-8-17-18(25-10-24-17)9-16(14)19(21-22(11)12(2)23)13-3-5-15(20)6-4-13;2*1-10-6-12-7-15-16(22-9-21-15)8-14(12)17(20-19-10)11-2-4-13(18)5-3-11/h3-6,8-9,11H,7,10,20H2,1-2H3;2-5,7-8,10,19H,6,9,18H2,1H3;2-5,7-8H,6,9,18H2,1H3. The zero-order valence-corrected chi connectivity index (χ0v) is 38.6. The molecule has 6 aliphatic rings. The van der Waals surface area contributed by atoms with Crippen LogP contribution < -0.4 is 51.0 Å². The summed E-state index contributed by atoms with van der Waals surface area (Å²) >= 11 is 0. The maximum absolute atomic E-state index is 12.1. The Hall–Kier alpha value is -8.53. The van der Waals surface area contributed by atoms with E-state index in [1.807, 2.05) is 117 Å². The topological polar surface area (TPSA) is 215 Å². The lowest BCUT2D eigenvalue weighted by atomic mass is 9.94. The van der Waals surface area contributed by atoms with Crippen LogP contribution >= 0.6 is 0 Å². The number of hydrazone groups is 2. The number of nitrogens with zero attached hydrogens (tertiary/aromatic N) is 5. The zero-order chi connectivity index (χ0) is 47.8. The molecule has 0 radical (unpaired) electrons. The van der Waals surface area contributed by atoms with Gasteiger partial charge in [0.2, 0.25) is 26.3 Å². The number of nitrogens with one attached hydrogen (secondary N) is 1. The van der Waals surface area contributed by atoms with Crippen LogP contribution in [0.1, 0.15) is 77.8 Å². The molecular weight excluding hydrogens is 875 g/mol. The maximum atomic E-state index is 12.1. The lowest BCUT2D eigenvalue weighted by Crippen LogP contribution is -2.33. The van der Waals surface area contributed by atoms with E-state index in [4.69, 9.17) is 45.6 Å². The lowest BCUT2D eigenvalue weighted by Gasteiger charge is -2.21. The lowest BCUT2D eigenvalue weighted by molar-refractivity contribution is -0.130. The Labute approximate surface area is 399 Å². The number of carbonyl (C=O) groups is 1. The fourth-order valence-corrected chi connectivity index (χ4v) is 8.82. The van der Waals surface area contributed by atoms with E-state index in [9.17, 15) is 4.79 Å². The first-order valence-electron chi connectivity index (χ1n) is 22.6. The minimum Gasteiger partial charge on any atom is -0.454 e. The predicted octanol–water partition coefficient (Wildman–Crippen LogP) is 7.59. The van der Waals surface area contributed by atoms with Crippen molar-refractivity contribution < 1.29 is 33.2 Å². The highest BCUT2D eigenvalue weighted by atomic mass is 16.7. The molecular formula is C53H51N9O7. The number of nitrogen functional groups attached to an aromatic ring is 3. The first-order chi connectivity index (χ1) is 33.4. The molecule has 6 heterocycles. The van der Waals surface area contributed by atoms with Gasteiger partial charge in [0, 0.05) is 75.5 Å². The molecule has 16 heteroatoms. The first kappa shape index (κ1) is 44.3. The van der Waals surface area contributed by atoms with Crippen molar-refractivity contribution in [3.8, 4) is 34.5 Å². The molecule has 0 aromatic heterocycles. The Morgan fingerprint density at radius 2 is 0.957 bits per heavy atom. The average molecular weight is 926 g/mol. The largest absolute Gasteiger partial charge is 0.454 e. The Kier molecular flexibility index (Phi) is 12.0. The van der Waals surface area contributed by atoms with E-state index in [1.54, 1.807) is 5.01 Å². The summed E-state index contributed by atoms with van der Waals surface area (Å²) in [5, 5.41) is 19.6. The molecule has 0 saturated carbocycles. The second kappa shape index (κ2) is 18.6. The summed E-state index contributed by atoms with van der Waals surface area (Å²) in [6.07, 6.45) is 2.31. The molecule has 12 rings (SSSR count). The maximum Gasteiger partial charge on any atom is 0.239 e. The van der Waals surface area contributed by atoms with Crippen LogP contribution in [0.4, 0.5) is 17.1 Å². The highest BCUT2D eigenvalue weighted by molar-refractivity contribution is 6.16. The monoisotopic (exact) mass is 925 g/mol. The molecule has 16 nitrogen and oxygen atoms in total. The number of anilines is 3. The summed E-state index contributed by atoms with van der Waals surface area (Å²) in [7, 11) is 0. The molecule has 350 valence electrons. The van der Waals surface area contributed by atoms with Crippen LogP contribution in [0.15, 0.2) is 130 Å². The second-order valence-electron chi connectivity index (χ2n) is 17.5. The number of ether oxygens (including phenoxy) is 6. The Balaban J connectivity index is 0.000000121. The second-order valence-corrected chi connectivity index (χ2v) is 17.5. The number of amides is 1. The Morgan fingerprint density at radius 1 is 0.551 bits per heavy atom. The third-order valence-corrected chi connectivity index (χ3v) is 12.3. The van der Waals surface area contributed by atoms with Gasteiger partial charge in [-0.1, -0.05) is 36.4 Å². The van der Waals surface area contributed by atoms with Crippen LogP contribution in [-0.2, 0) is 24.1 Å². The van der Waals surface area contributed by atoms with Crippen LogP contribution in [0, 0.1) is 0 Å². The molecule has 69 heavy (non-hydrogen) atoms. The summed E-state index contributed by atoms with van der Waals surface area (Å²) in [6.45, 7) is 8.38. The molecule has 6 aromatic rings. The Bertz CT molecular complexity index is 3080. The Morgan fingerprint density at radius 3 is 1.45 bits per heavy atom. The third-order valence-electron chi connectivity index (χ3n) is 12.3. The third kappa shape index (κ3) is 9.28. The van der Waals surface area contributed by atoms with Gasteiger partial charge in [0.15, 0.2) is 34.5 Å². The van der Waals surface area contributed by atoms with Gasteiger partial charge in [-0.25, -0.2) is 5.01 Å². The fraction of sp³-hybridized carbons (Fsp3) is 0.226. The van der Waals surface area contributed by atoms with Crippen LogP contribution in [0.25, 0.3) is 0 Å². The van der Waals surface area contributed by atoms with Gasteiger partial charge in [-0.05, 0) is 123 Å². The number of carbonyl (C=O) groups excluding carboxylic acids is 1. The molecule has 7 N–H and O–H groups in total. The number of nitrogens with two attached hydrogens (primary N) is 3. The predicted molar refractivity (Wildman–Crippen MR) is 266 cm³/mol. The van der Waals surface area contributed by atoms with Crippen LogP contribution in [-0.4, -0.2) is 66.2 Å². The van der Waals surface area contributed by atoms with Crippen molar-refractivity contribution in [3.63, 3.8) is 0 Å². The number of fused-ring (bicyclic) bond motifs is 6. The van der Waals surface area contributed by atoms with Crippen LogP contribution in [0.2, 0.25) is 0 Å². The molecule has 0 saturated heterocycles. The molecule has 0 fully saturated rings. The summed E-state index contributed by atoms with van der Waals surface area (Å²) in [5.41, 5.74) is 35.5. The molecule has 1 amide bonds. The number of hydrogen-bond donors (Lipinski definition) is 4. The molecule has 2 unspecified atom stereocenters. The highest BCUT2D eigenvalue weighted by Gasteiger charge is 2.29.